The van der Waals surface area contributed by atoms with Gasteiger partial charge in [0.1, 0.15) is 6.54 Å². The fourth-order valence-electron chi connectivity index (χ4n) is 3.14. The molecular weight excluding hydrogens is 320 g/mol. The number of rotatable bonds is 4. The van der Waals surface area contributed by atoms with Crippen molar-refractivity contribution in [2.24, 2.45) is 10.9 Å². The van der Waals surface area contributed by atoms with Crippen LogP contribution in [0.4, 0.5) is 5.69 Å². The summed E-state index contributed by atoms with van der Waals surface area (Å²) in [5.74, 6) is 0.710. The first kappa shape index (κ1) is 15.4. The van der Waals surface area contributed by atoms with E-state index in [0.717, 1.165) is 23.5 Å². The van der Waals surface area contributed by atoms with Crippen molar-refractivity contribution in [3.8, 4) is 0 Å². The maximum absolute atomic E-state index is 12.6. The number of anilines is 1. The number of nitrogens with zero attached hydrogens (tertiary/aromatic N) is 2. The van der Waals surface area contributed by atoms with Gasteiger partial charge in [0.25, 0.3) is 0 Å². The van der Waals surface area contributed by atoms with Gasteiger partial charge in [0.15, 0.2) is 0 Å². The maximum atomic E-state index is 12.6. The smallest absolute Gasteiger partial charge is 0.248 e. The molecule has 1 aliphatic heterocycles. The Balaban J connectivity index is 1.73. The van der Waals surface area contributed by atoms with E-state index in [9.17, 15) is 4.79 Å². The Bertz CT molecular complexity index is 797. The summed E-state index contributed by atoms with van der Waals surface area (Å²) in [6, 6.07) is 16.0. The van der Waals surface area contributed by atoms with Crippen LogP contribution in [-0.2, 0) is 11.2 Å². The molecule has 0 N–H and O–H groups in total. The Morgan fingerprint density at radius 2 is 1.92 bits per heavy atom. The third kappa shape index (κ3) is 3.22. The summed E-state index contributed by atoms with van der Waals surface area (Å²) < 4.78 is 0. The van der Waals surface area contributed by atoms with Crippen LogP contribution in [0.3, 0.4) is 0 Å². The first-order chi connectivity index (χ1) is 11.7. The molecule has 0 unspecified atom stereocenters. The summed E-state index contributed by atoms with van der Waals surface area (Å²) in [7, 11) is 0. The molecular formula is C20H19ClN2O. The van der Waals surface area contributed by atoms with E-state index in [1.807, 2.05) is 41.3 Å². The summed E-state index contributed by atoms with van der Waals surface area (Å²) in [6.07, 6.45) is 3.13. The number of aliphatic imine (C=N–C) groups is 1. The highest BCUT2D eigenvalue weighted by atomic mass is 35.5. The molecule has 2 aromatic carbocycles. The molecule has 1 amide bonds. The fourth-order valence-corrected chi connectivity index (χ4v) is 3.31. The standard InChI is InChI=1S/C20H19ClN2O/c21-16-8-9-19-17(11-16)18(10-14-4-2-1-3-5-14)22-12-20(24)23(19)13-15-6-7-15/h1-5,8-9,11,15H,6-7,10,12-13H2. The minimum Gasteiger partial charge on any atom is -0.310 e. The molecule has 0 bridgehead atoms. The summed E-state index contributed by atoms with van der Waals surface area (Å²) >= 11 is 6.24. The molecule has 1 fully saturated rings. The maximum Gasteiger partial charge on any atom is 0.248 e. The average Bonchev–Trinajstić information content (AvgIpc) is 3.42. The first-order valence-corrected chi connectivity index (χ1v) is 8.76. The van der Waals surface area contributed by atoms with Crippen molar-refractivity contribution in [1.82, 2.24) is 0 Å². The van der Waals surface area contributed by atoms with E-state index < -0.39 is 0 Å². The van der Waals surface area contributed by atoms with Crippen molar-refractivity contribution < 1.29 is 4.79 Å². The molecule has 24 heavy (non-hydrogen) atoms. The van der Waals surface area contributed by atoms with E-state index in [1.54, 1.807) is 0 Å². The highest BCUT2D eigenvalue weighted by Crippen LogP contribution is 2.34. The van der Waals surface area contributed by atoms with Gasteiger partial charge in [-0.25, -0.2) is 0 Å². The van der Waals surface area contributed by atoms with Gasteiger partial charge in [-0.1, -0.05) is 41.9 Å². The second kappa shape index (κ2) is 6.40. The third-order valence-electron chi connectivity index (χ3n) is 4.62. The van der Waals surface area contributed by atoms with Crippen molar-refractivity contribution in [3.05, 3.63) is 64.7 Å². The van der Waals surface area contributed by atoms with Crippen LogP contribution in [0.5, 0.6) is 0 Å². The average molecular weight is 339 g/mol. The van der Waals surface area contributed by atoms with Crippen LogP contribution >= 0.6 is 11.6 Å². The van der Waals surface area contributed by atoms with Crippen LogP contribution in [0.15, 0.2) is 53.5 Å². The van der Waals surface area contributed by atoms with Crippen LogP contribution in [0.1, 0.15) is 24.0 Å². The molecule has 2 aromatic rings. The van der Waals surface area contributed by atoms with Crippen molar-refractivity contribution in [2.75, 3.05) is 18.0 Å². The van der Waals surface area contributed by atoms with Gasteiger partial charge in [0.2, 0.25) is 5.91 Å². The van der Waals surface area contributed by atoms with Crippen molar-refractivity contribution in [3.63, 3.8) is 0 Å². The number of hydrogen-bond acceptors (Lipinski definition) is 2. The summed E-state index contributed by atoms with van der Waals surface area (Å²) in [5, 5.41) is 0.676. The molecule has 1 saturated carbocycles. The number of hydrogen-bond donors (Lipinski definition) is 0. The third-order valence-corrected chi connectivity index (χ3v) is 4.85. The SMILES string of the molecule is O=C1CN=C(Cc2ccccc2)c2cc(Cl)ccc2N1CC1CC1. The Morgan fingerprint density at radius 3 is 2.67 bits per heavy atom. The van der Waals surface area contributed by atoms with Gasteiger partial charge in [-0.15, -0.1) is 0 Å². The Labute approximate surface area is 147 Å². The molecule has 1 aliphatic carbocycles. The van der Waals surface area contributed by atoms with Crippen LogP contribution in [0, 0.1) is 5.92 Å². The topological polar surface area (TPSA) is 32.7 Å². The molecule has 4 heteroatoms. The summed E-state index contributed by atoms with van der Waals surface area (Å²) in [5.41, 5.74) is 4.05. The molecule has 0 radical (unpaired) electrons. The number of halogens is 1. The van der Waals surface area contributed by atoms with Gasteiger partial charge in [0.05, 0.1) is 5.69 Å². The quantitative estimate of drug-likeness (QED) is 0.825. The second-order valence-corrected chi connectivity index (χ2v) is 6.97. The molecule has 0 saturated heterocycles. The molecule has 0 atom stereocenters. The van der Waals surface area contributed by atoms with Crippen LogP contribution in [0.25, 0.3) is 0 Å². The van der Waals surface area contributed by atoms with Crippen LogP contribution in [0.2, 0.25) is 5.02 Å². The molecule has 0 spiro atoms. The van der Waals surface area contributed by atoms with E-state index in [4.69, 9.17) is 11.6 Å². The lowest BCUT2D eigenvalue weighted by molar-refractivity contribution is -0.117. The molecule has 1 heterocycles. The van der Waals surface area contributed by atoms with Gasteiger partial charge in [-0.05, 0) is 42.5 Å². The zero-order chi connectivity index (χ0) is 16.5. The van der Waals surface area contributed by atoms with Gasteiger partial charge in [-0.2, -0.15) is 0 Å². The van der Waals surface area contributed by atoms with Gasteiger partial charge >= 0.3 is 0 Å². The Hall–Kier alpha value is -2.13. The minimum atomic E-state index is 0.0773. The molecule has 122 valence electrons. The van der Waals surface area contributed by atoms with Gasteiger partial charge < -0.3 is 4.90 Å². The van der Waals surface area contributed by atoms with Gasteiger partial charge in [-0.3, -0.25) is 9.79 Å². The van der Waals surface area contributed by atoms with E-state index in [-0.39, 0.29) is 12.5 Å². The van der Waals surface area contributed by atoms with Crippen LogP contribution < -0.4 is 4.90 Å². The number of carbonyl (C=O) groups excluding carboxylic acids is 1. The largest absolute Gasteiger partial charge is 0.310 e. The minimum absolute atomic E-state index is 0.0773. The number of benzene rings is 2. The van der Waals surface area contributed by atoms with Gasteiger partial charge in [0, 0.05) is 29.3 Å². The van der Waals surface area contributed by atoms with Crippen molar-refractivity contribution >= 4 is 28.9 Å². The van der Waals surface area contributed by atoms with E-state index in [1.165, 1.54) is 18.4 Å². The lowest BCUT2D eigenvalue weighted by Gasteiger charge is -2.23. The monoisotopic (exact) mass is 338 g/mol. The highest BCUT2D eigenvalue weighted by Gasteiger charge is 2.30. The molecule has 4 rings (SSSR count). The number of benzodiazepines with no additional fused rings is 1. The van der Waals surface area contributed by atoms with Crippen LogP contribution in [-0.4, -0.2) is 24.7 Å². The van der Waals surface area contributed by atoms with Crippen molar-refractivity contribution in [2.45, 2.75) is 19.3 Å². The normalized spacial score (nSPS) is 17.3. The number of amides is 1. The Kier molecular flexibility index (Phi) is 4.11. The Morgan fingerprint density at radius 1 is 1.12 bits per heavy atom. The lowest BCUT2D eigenvalue weighted by atomic mass is 10.00. The van der Waals surface area contributed by atoms with E-state index >= 15 is 0 Å². The zero-order valence-corrected chi connectivity index (χ0v) is 14.2. The molecule has 3 nitrogen and oxygen atoms in total. The van der Waals surface area contributed by atoms with E-state index in [0.29, 0.717) is 17.4 Å². The predicted molar refractivity (Wildman–Crippen MR) is 98.1 cm³/mol. The zero-order valence-electron chi connectivity index (χ0n) is 13.4. The number of fused-ring (bicyclic) bond motifs is 1. The highest BCUT2D eigenvalue weighted by molar-refractivity contribution is 6.31. The fraction of sp³-hybridized carbons (Fsp3) is 0.300. The second-order valence-electron chi connectivity index (χ2n) is 6.53. The molecule has 0 aromatic heterocycles. The summed E-state index contributed by atoms with van der Waals surface area (Å²) in [6.45, 7) is 1.00. The molecule has 2 aliphatic rings. The van der Waals surface area contributed by atoms with Crippen molar-refractivity contribution in [1.29, 1.82) is 0 Å². The number of carbonyl (C=O) groups is 1. The lowest BCUT2D eigenvalue weighted by Crippen LogP contribution is -2.34. The van der Waals surface area contributed by atoms with E-state index in [2.05, 4.69) is 17.1 Å². The predicted octanol–water partition coefficient (Wildman–Crippen LogP) is 4.13. The summed E-state index contributed by atoms with van der Waals surface area (Å²) in [4.78, 5) is 19.1. The first-order valence-electron chi connectivity index (χ1n) is 8.38.